The third-order valence-electron chi connectivity index (χ3n) is 3.17. The van der Waals surface area contributed by atoms with Gasteiger partial charge in [0.1, 0.15) is 11.6 Å². The van der Waals surface area contributed by atoms with E-state index in [9.17, 15) is 13.6 Å². The summed E-state index contributed by atoms with van der Waals surface area (Å²) >= 11 is 11.6. The molecule has 0 spiro atoms. The van der Waals surface area contributed by atoms with Gasteiger partial charge in [0.25, 0.3) is 0 Å². The Balaban J connectivity index is 2.58. The zero-order chi connectivity index (χ0) is 15.0. The Morgan fingerprint density at radius 1 is 0.850 bits per heavy atom. The Morgan fingerprint density at radius 2 is 1.20 bits per heavy atom. The van der Waals surface area contributed by atoms with E-state index in [1.165, 1.54) is 12.1 Å². The summed E-state index contributed by atoms with van der Waals surface area (Å²) in [6.07, 6.45) is 0. The van der Waals surface area contributed by atoms with E-state index in [1.807, 2.05) is 0 Å². The smallest absolute Gasteiger partial charge is 0.193 e. The van der Waals surface area contributed by atoms with Gasteiger partial charge in [0.2, 0.25) is 0 Å². The average Bonchev–Trinajstić information content (AvgIpc) is 2.42. The van der Waals surface area contributed by atoms with Crippen LogP contribution in [-0.2, 0) is 0 Å². The quantitative estimate of drug-likeness (QED) is 0.703. The predicted molar refractivity (Wildman–Crippen MR) is 75.7 cm³/mol. The highest BCUT2D eigenvalue weighted by Gasteiger charge is 2.19. The van der Waals surface area contributed by atoms with Crippen LogP contribution in [0.4, 0.5) is 8.78 Å². The summed E-state index contributed by atoms with van der Waals surface area (Å²) in [6.45, 7) is 3.11. The molecule has 5 heteroatoms. The van der Waals surface area contributed by atoms with E-state index >= 15 is 0 Å². The minimum Gasteiger partial charge on any atom is -0.289 e. The molecule has 2 aromatic carbocycles. The molecule has 2 rings (SSSR count). The number of halogens is 4. The van der Waals surface area contributed by atoms with Crippen molar-refractivity contribution < 1.29 is 13.6 Å². The van der Waals surface area contributed by atoms with Crippen LogP contribution in [0.15, 0.2) is 24.3 Å². The van der Waals surface area contributed by atoms with Gasteiger partial charge in [-0.25, -0.2) is 8.78 Å². The molecule has 0 aliphatic carbocycles. The maximum atomic E-state index is 13.3. The maximum absolute atomic E-state index is 13.3. The van der Waals surface area contributed by atoms with E-state index < -0.39 is 11.6 Å². The first-order valence-electron chi connectivity index (χ1n) is 5.78. The van der Waals surface area contributed by atoms with Crippen LogP contribution in [0.5, 0.6) is 0 Å². The van der Waals surface area contributed by atoms with E-state index in [0.717, 1.165) is 12.1 Å². The Bertz CT molecular complexity index is 652. The molecule has 0 N–H and O–H groups in total. The van der Waals surface area contributed by atoms with Crippen molar-refractivity contribution >= 4 is 29.0 Å². The molecule has 1 nitrogen and oxygen atoms in total. The molecule has 20 heavy (non-hydrogen) atoms. The van der Waals surface area contributed by atoms with Crippen molar-refractivity contribution in [2.45, 2.75) is 13.8 Å². The van der Waals surface area contributed by atoms with Crippen molar-refractivity contribution in [2.75, 3.05) is 0 Å². The standard InChI is InChI=1S/C15H10Cl2F2O/c1-7-9(3-5-11(18)13(7)16)15(20)10-4-6-12(19)14(17)8(10)2/h3-6H,1-2H3. The third-order valence-corrected chi connectivity index (χ3v) is 4.10. The van der Waals surface area contributed by atoms with Crippen LogP contribution >= 0.6 is 23.2 Å². The molecule has 0 saturated heterocycles. The Labute approximate surface area is 125 Å². The SMILES string of the molecule is Cc1c(C(=O)c2ccc(F)c(Cl)c2C)ccc(F)c1Cl. The molecular formula is C15H10Cl2F2O. The summed E-state index contributed by atoms with van der Waals surface area (Å²) in [5, 5.41) is -0.191. The van der Waals surface area contributed by atoms with E-state index in [4.69, 9.17) is 23.2 Å². The molecule has 0 radical (unpaired) electrons. The van der Waals surface area contributed by atoms with Crippen LogP contribution in [0.3, 0.4) is 0 Å². The summed E-state index contributed by atoms with van der Waals surface area (Å²) in [5.74, 6) is -1.55. The Hall–Kier alpha value is -1.45. The topological polar surface area (TPSA) is 17.1 Å². The van der Waals surface area contributed by atoms with Gasteiger partial charge in [-0.15, -0.1) is 0 Å². The number of rotatable bonds is 2. The van der Waals surface area contributed by atoms with Gasteiger partial charge in [-0.2, -0.15) is 0 Å². The third kappa shape index (κ3) is 2.43. The van der Waals surface area contributed by atoms with Crippen LogP contribution in [0.25, 0.3) is 0 Å². The Kier molecular flexibility index (Phi) is 4.11. The van der Waals surface area contributed by atoms with Gasteiger partial charge in [-0.05, 0) is 49.2 Å². The lowest BCUT2D eigenvalue weighted by Gasteiger charge is -2.10. The number of carbonyl (C=O) groups is 1. The first-order valence-corrected chi connectivity index (χ1v) is 6.54. The second-order valence-electron chi connectivity index (χ2n) is 4.40. The van der Waals surface area contributed by atoms with Crippen molar-refractivity contribution in [3.8, 4) is 0 Å². The first-order chi connectivity index (χ1) is 9.34. The zero-order valence-corrected chi connectivity index (χ0v) is 12.2. The maximum Gasteiger partial charge on any atom is 0.193 e. The van der Waals surface area contributed by atoms with Crippen molar-refractivity contribution in [1.29, 1.82) is 0 Å². The number of hydrogen-bond acceptors (Lipinski definition) is 1. The normalized spacial score (nSPS) is 10.7. The number of hydrogen-bond donors (Lipinski definition) is 0. The molecule has 104 valence electrons. The van der Waals surface area contributed by atoms with Crippen molar-refractivity contribution in [1.82, 2.24) is 0 Å². The minimum absolute atomic E-state index is 0.0956. The van der Waals surface area contributed by atoms with Gasteiger partial charge in [0.15, 0.2) is 5.78 Å². The lowest BCUT2D eigenvalue weighted by molar-refractivity contribution is 0.103. The van der Waals surface area contributed by atoms with Crippen molar-refractivity contribution in [3.63, 3.8) is 0 Å². The predicted octanol–water partition coefficient (Wildman–Crippen LogP) is 5.12. The van der Waals surface area contributed by atoms with Gasteiger partial charge in [-0.1, -0.05) is 23.2 Å². The molecule has 0 aromatic heterocycles. The molecule has 0 amide bonds. The van der Waals surface area contributed by atoms with E-state index in [2.05, 4.69) is 0 Å². The summed E-state index contributed by atoms with van der Waals surface area (Å²) in [7, 11) is 0. The average molecular weight is 315 g/mol. The molecule has 2 aromatic rings. The Morgan fingerprint density at radius 3 is 1.55 bits per heavy atom. The molecule has 0 fully saturated rings. The number of benzene rings is 2. The van der Waals surface area contributed by atoms with Crippen LogP contribution in [-0.4, -0.2) is 5.78 Å². The molecule has 0 bridgehead atoms. The van der Waals surface area contributed by atoms with Crippen LogP contribution < -0.4 is 0 Å². The van der Waals surface area contributed by atoms with E-state index in [1.54, 1.807) is 13.8 Å². The van der Waals surface area contributed by atoms with E-state index in [0.29, 0.717) is 11.1 Å². The molecule has 0 unspecified atom stereocenters. The lowest BCUT2D eigenvalue weighted by atomic mass is 9.96. The highest BCUT2D eigenvalue weighted by Crippen LogP contribution is 2.28. The number of ketones is 1. The van der Waals surface area contributed by atoms with Crippen LogP contribution in [0.1, 0.15) is 27.0 Å². The van der Waals surface area contributed by atoms with Gasteiger partial charge in [0, 0.05) is 11.1 Å². The van der Waals surface area contributed by atoms with Gasteiger partial charge in [-0.3, -0.25) is 4.79 Å². The second-order valence-corrected chi connectivity index (χ2v) is 5.15. The molecule has 0 saturated carbocycles. The molecule has 0 aliphatic heterocycles. The first kappa shape index (κ1) is 14.9. The largest absolute Gasteiger partial charge is 0.289 e. The highest BCUT2D eigenvalue weighted by molar-refractivity contribution is 6.33. The van der Waals surface area contributed by atoms with Crippen molar-refractivity contribution in [3.05, 3.63) is 68.2 Å². The molecule has 0 aliphatic rings. The fourth-order valence-corrected chi connectivity index (χ4v) is 2.27. The van der Waals surface area contributed by atoms with Crippen LogP contribution in [0, 0.1) is 25.5 Å². The minimum atomic E-state index is -0.588. The zero-order valence-electron chi connectivity index (χ0n) is 10.7. The lowest BCUT2D eigenvalue weighted by Crippen LogP contribution is -2.07. The molecule has 0 heterocycles. The highest BCUT2D eigenvalue weighted by atomic mass is 35.5. The van der Waals surface area contributed by atoms with Gasteiger partial charge < -0.3 is 0 Å². The second kappa shape index (κ2) is 5.51. The number of carbonyl (C=O) groups excluding carboxylic acids is 1. The summed E-state index contributed by atoms with van der Waals surface area (Å²) in [4.78, 5) is 12.5. The van der Waals surface area contributed by atoms with Gasteiger partial charge >= 0.3 is 0 Å². The summed E-state index contributed by atoms with van der Waals surface area (Å²) in [5.41, 5.74) is 1.22. The molecule has 0 atom stereocenters. The fraction of sp³-hybridized carbons (Fsp3) is 0.133. The van der Waals surface area contributed by atoms with Gasteiger partial charge in [0.05, 0.1) is 10.0 Å². The monoisotopic (exact) mass is 314 g/mol. The van der Waals surface area contributed by atoms with Crippen molar-refractivity contribution in [2.24, 2.45) is 0 Å². The summed E-state index contributed by atoms with van der Waals surface area (Å²) < 4.78 is 26.6. The van der Waals surface area contributed by atoms with Crippen LogP contribution in [0.2, 0.25) is 10.0 Å². The van der Waals surface area contributed by atoms with E-state index in [-0.39, 0.29) is 27.0 Å². The summed E-state index contributed by atoms with van der Waals surface area (Å²) in [6, 6.07) is 4.97. The fourth-order valence-electron chi connectivity index (χ4n) is 1.94. The molecular weight excluding hydrogens is 305 g/mol.